The Kier molecular flexibility index (Phi) is 10.1. The van der Waals surface area contributed by atoms with Crippen molar-refractivity contribution < 1.29 is 14.9 Å². The number of hydrogen-bond acceptors (Lipinski definition) is 7. The molecule has 1 aromatic heterocycles. The number of nitrogens with one attached hydrogen (secondary N) is 1. The number of benzene rings is 1. The second-order valence-corrected chi connectivity index (χ2v) is 10.6. The summed E-state index contributed by atoms with van der Waals surface area (Å²) in [6.07, 6.45) is 4.36. The highest BCUT2D eigenvalue weighted by atomic mass is 79.9. The van der Waals surface area contributed by atoms with E-state index >= 15 is 0 Å². The monoisotopic (exact) mass is 502 g/mol. The van der Waals surface area contributed by atoms with Gasteiger partial charge in [0, 0.05) is 39.4 Å². The Morgan fingerprint density at radius 3 is 2.62 bits per heavy atom. The molecule has 0 bridgehead atoms. The lowest BCUT2D eigenvalue weighted by atomic mass is 9.70. The zero-order chi connectivity index (χ0) is 21.3. The Labute approximate surface area is 190 Å². The van der Waals surface area contributed by atoms with Gasteiger partial charge in [-0.1, -0.05) is 29.8 Å². The molecule has 8 heteroatoms. The maximum atomic E-state index is 11.9. The van der Waals surface area contributed by atoms with E-state index in [1.165, 1.54) is 11.3 Å². The quantitative estimate of drug-likeness (QED) is 0.210. The highest BCUT2D eigenvalue weighted by Crippen LogP contribution is 2.47. The van der Waals surface area contributed by atoms with Crippen LogP contribution in [0.5, 0.6) is 0 Å². The average molecular weight is 504 g/mol. The van der Waals surface area contributed by atoms with Crippen molar-refractivity contribution in [3.63, 3.8) is 0 Å². The van der Waals surface area contributed by atoms with E-state index in [9.17, 15) is 5.11 Å². The van der Waals surface area contributed by atoms with E-state index in [1.54, 1.807) is 23.5 Å². The zero-order valence-electron chi connectivity index (χ0n) is 17.2. The molecule has 0 spiro atoms. The van der Waals surface area contributed by atoms with E-state index in [4.69, 9.17) is 9.84 Å². The van der Waals surface area contributed by atoms with Gasteiger partial charge >= 0.3 is 0 Å². The molecule has 3 N–H and O–H groups in total. The van der Waals surface area contributed by atoms with Crippen LogP contribution in [-0.2, 0) is 10.3 Å². The van der Waals surface area contributed by atoms with Gasteiger partial charge in [-0.3, -0.25) is 4.98 Å². The summed E-state index contributed by atoms with van der Waals surface area (Å²) in [5, 5.41) is 24.1. The van der Waals surface area contributed by atoms with Crippen LogP contribution in [-0.4, -0.2) is 47.4 Å². The van der Waals surface area contributed by atoms with Gasteiger partial charge < -0.3 is 20.3 Å². The molecule has 0 saturated heterocycles. The molecule has 2 aromatic rings. The number of nitrogens with zero attached hydrogens (tertiary/aromatic N) is 1. The second-order valence-electron chi connectivity index (χ2n) is 7.72. The number of halogens is 1. The van der Waals surface area contributed by atoms with Gasteiger partial charge in [-0.2, -0.15) is 0 Å². The Bertz CT molecular complexity index is 713. The van der Waals surface area contributed by atoms with Gasteiger partial charge in [0.05, 0.1) is 10.4 Å². The van der Waals surface area contributed by atoms with Crippen molar-refractivity contribution in [3.05, 3.63) is 45.3 Å². The van der Waals surface area contributed by atoms with Gasteiger partial charge in [0.25, 0.3) is 0 Å². The van der Waals surface area contributed by atoms with Crippen LogP contribution in [0, 0.1) is 5.41 Å². The SMILES string of the molecule is CNC(CCCOCO)CC(C)(C)C(O)(CSc1ccc(Br)cc1)c1cncs1. The minimum atomic E-state index is -1.01. The fraction of sp³-hybridized carbons (Fsp3) is 0.571. The minimum absolute atomic E-state index is 0.240. The lowest BCUT2D eigenvalue weighted by molar-refractivity contribution is -0.0597. The molecule has 5 nitrogen and oxygen atoms in total. The van der Waals surface area contributed by atoms with Crippen LogP contribution >= 0.6 is 39.0 Å². The molecule has 0 radical (unpaired) electrons. The molecular formula is C21H31BrN2O3S2. The van der Waals surface area contributed by atoms with Crippen molar-refractivity contribution in [2.24, 2.45) is 5.41 Å². The summed E-state index contributed by atoms with van der Waals surface area (Å²) in [6, 6.07) is 8.40. The third-order valence-corrected chi connectivity index (χ3v) is 7.94. The minimum Gasteiger partial charge on any atom is -0.383 e. The van der Waals surface area contributed by atoms with E-state index < -0.39 is 5.60 Å². The number of thiazole rings is 1. The molecule has 2 atom stereocenters. The van der Waals surface area contributed by atoms with Gasteiger partial charge in [-0.25, -0.2) is 0 Å². The Morgan fingerprint density at radius 2 is 2.03 bits per heavy atom. The first-order chi connectivity index (χ1) is 13.8. The Morgan fingerprint density at radius 1 is 1.31 bits per heavy atom. The summed E-state index contributed by atoms with van der Waals surface area (Å²) in [6.45, 7) is 4.55. The molecule has 0 fully saturated rings. The van der Waals surface area contributed by atoms with Crippen molar-refractivity contribution in [1.29, 1.82) is 0 Å². The third-order valence-electron chi connectivity index (χ3n) is 5.32. The van der Waals surface area contributed by atoms with Crippen molar-refractivity contribution in [2.45, 2.75) is 49.6 Å². The third kappa shape index (κ3) is 7.02. The summed E-state index contributed by atoms with van der Waals surface area (Å²) in [7, 11) is 1.95. The van der Waals surface area contributed by atoms with Gasteiger partial charge in [0.2, 0.25) is 0 Å². The molecule has 0 aliphatic rings. The van der Waals surface area contributed by atoms with Crippen LogP contribution < -0.4 is 5.32 Å². The largest absolute Gasteiger partial charge is 0.383 e. The number of hydrogen-bond donors (Lipinski definition) is 3. The normalized spacial score (nSPS) is 15.2. The van der Waals surface area contributed by atoms with E-state index in [0.717, 1.165) is 33.5 Å². The number of aromatic nitrogens is 1. The topological polar surface area (TPSA) is 74.6 Å². The van der Waals surface area contributed by atoms with Crippen molar-refractivity contribution >= 4 is 39.0 Å². The lowest BCUT2D eigenvalue weighted by Gasteiger charge is -2.44. The summed E-state index contributed by atoms with van der Waals surface area (Å²) in [5.74, 6) is 0.549. The fourth-order valence-corrected chi connectivity index (χ4v) is 5.87. The molecule has 1 aromatic carbocycles. The first kappa shape index (κ1) is 24.8. The highest BCUT2D eigenvalue weighted by Gasteiger charge is 2.46. The predicted molar refractivity (Wildman–Crippen MR) is 124 cm³/mol. The summed E-state index contributed by atoms with van der Waals surface area (Å²) >= 11 is 6.63. The molecule has 0 aliphatic heterocycles. The average Bonchev–Trinajstić information content (AvgIpc) is 3.24. The molecule has 1 heterocycles. The lowest BCUT2D eigenvalue weighted by Crippen LogP contribution is -2.47. The maximum absolute atomic E-state index is 11.9. The van der Waals surface area contributed by atoms with Gasteiger partial charge in [-0.05, 0) is 50.6 Å². The second kappa shape index (κ2) is 11.8. The molecule has 0 amide bonds. The van der Waals surface area contributed by atoms with E-state index in [-0.39, 0.29) is 18.2 Å². The van der Waals surface area contributed by atoms with E-state index in [2.05, 4.69) is 52.2 Å². The molecule has 2 rings (SSSR count). The van der Waals surface area contributed by atoms with Crippen LogP contribution in [0.15, 0.2) is 45.3 Å². The van der Waals surface area contributed by atoms with Crippen LogP contribution in [0.2, 0.25) is 0 Å². The summed E-state index contributed by atoms with van der Waals surface area (Å²) < 4.78 is 6.09. The van der Waals surface area contributed by atoms with Crippen molar-refractivity contribution in [1.82, 2.24) is 10.3 Å². The van der Waals surface area contributed by atoms with E-state index in [1.807, 2.05) is 19.2 Å². The molecule has 0 saturated carbocycles. The van der Waals surface area contributed by atoms with Crippen molar-refractivity contribution in [3.8, 4) is 0 Å². The predicted octanol–water partition coefficient (Wildman–Crippen LogP) is 4.64. The number of rotatable bonds is 13. The van der Waals surface area contributed by atoms with E-state index in [0.29, 0.717) is 12.4 Å². The molecule has 29 heavy (non-hydrogen) atoms. The van der Waals surface area contributed by atoms with Crippen LogP contribution in [0.25, 0.3) is 0 Å². The molecular weight excluding hydrogens is 472 g/mol. The van der Waals surface area contributed by atoms with Crippen LogP contribution in [0.4, 0.5) is 0 Å². The number of aliphatic hydroxyl groups is 2. The zero-order valence-corrected chi connectivity index (χ0v) is 20.4. The van der Waals surface area contributed by atoms with Gasteiger partial charge in [-0.15, -0.1) is 23.1 Å². The Hall–Kier alpha value is -0.480. The first-order valence-corrected chi connectivity index (χ1v) is 12.3. The number of thioether (sulfide) groups is 1. The van der Waals surface area contributed by atoms with Gasteiger partial charge in [0.1, 0.15) is 12.4 Å². The smallest absolute Gasteiger partial charge is 0.143 e. The fourth-order valence-electron chi connectivity index (χ4n) is 3.37. The van der Waals surface area contributed by atoms with Crippen LogP contribution in [0.1, 0.15) is 38.0 Å². The van der Waals surface area contributed by atoms with Gasteiger partial charge in [0.15, 0.2) is 0 Å². The number of ether oxygens (including phenoxy) is 1. The molecule has 0 aliphatic carbocycles. The van der Waals surface area contributed by atoms with Crippen molar-refractivity contribution in [2.75, 3.05) is 26.2 Å². The molecule has 162 valence electrons. The summed E-state index contributed by atoms with van der Waals surface area (Å²) in [5.41, 5.74) is 0.387. The maximum Gasteiger partial charge on any atom is 0.143 e. The number of aliphatic hydroxyl groups excluding tert-OH is 1. The standard InChI is InChI=1S/C21H31BrN2O3S2/c1-20(2,11-17(23-3)5-4-10-27-15-25)21(26,19-12-24-14-29-19)13-28-18-8-6-16(22)7-9-18/h6-9,12,14,17,23,25-26H,4-5,10-11,13,15H2,1-3H3. The first-order valence-electron chi connectivity index (χ1n) is 9.68. The van der Waals surface area contributed by atoms with Crippen LogP contribution in [0.3, 0.4) is 0 Å². The summed E-state index contributed by atoms with van der Waals surface area (Å²) in [4.78, 5) is 6.24. The Balaban J connectivity index is 2.14. The highest BCUT2D eigenvalue weighted by molar-refractivity contribution is 9.10. The molecule has 2 unspecified atom stereocenters.